The van der Waals surface area contributed by atoms with Gasteiger partial charge in [0.05, 0.1) is 6.04 Å². The summed E-state index contributed by atoms with van der Waals surface area (Å²) in [4.78, 5) is 35.1. The molecule has 5 atom stereocenters. The zero-order chi connectivity index (χ0) is 35.6. The Balaban J connectivity index is 1.93. The molecule has 2 rings (SSSR count). The standard InChI is InChI=1S/C38H26NO8PS/c1-4-5-6-7-8-9-10-11-12-13-14-15-16-17-18-19-20-21-25-28-35(40)39-34-29-33(36(37(34)43-2)47-48(42,49)44-3)31-46-38(41)45-30-32-26-23-22-24-27-32/h22-24,26-27,33-34,36-37H,29-31H2,1-3H3,(H,39,40)(H,42,49)/t33-,34+,36+,37?,48?/m1/s1. The van der Waals surface area contributed by atoms with Gasteiger partial charge in [0.15, 0.2) is 0 Å². The van der Waals surface area contributed by atoms with Crippen LogP contribution in [0.15, 0.2) is 30.3 Å². The summed E-state index contributed by atoms with van der Waals surface area (Å²) >= 11 is 5.02. The number of carbonyl (C=O) groups is 2. The third-order valence-electron chi connectivity index (χ3n) is 5.79. The molecule has 0 aromatic heterocycles. The Morgan fingerprint density at radius 3 is 1.80 bits per heavy atom. The van der Waals surface area contributed by atoms with Crippen LogP contribution in [0.3, 0.4) is 0 Å². The molecule has 1 aromatic carbocycles. The van der Waals surface area contributed by atoms with Gasteiger partial charge in [-0.15, -0.1) is 0 Å². The Morgan fingerprint density at radius 2 is 1.31 bits per heavy atom. The minimum absolute atomic E-state index is 0.0252. The van der Waals surface area contributed by atoms with Crippen molar-refractivity contribution >= 4 is 30.6 Å². The molecule has 1 fully saturated rings. The molecule has 0 radical (unpaired) electrons. The van der Waals surface area contributed by atoms with Crippen molar-refractivity contribution in [1.29, 1.82) is 0 Å². The van der Waals surface area contributed by atoms with E-state index in [9.17, 15) is 14.5 Å². The zero-order valence-corrected chi connectivity index (χ0v) is 28.2. The molecule has 0 heterocycles. The molecule has 9 nitrogen and oxygen atoms in total. The fourth-order valence-electron chi connectivity index (χ4n) is 3.83. The monoisotopic (exact) mass is 687 g/mol. The van der Waals surface area contributed by atoms with Crippen molar-refractivity contribution in [2.24, 2.45) is 5.92 Å². The van der Waals surface area contributed by atoms with E-state index >= 15 is 0 Å². The van der Waals surface area contributed by atoms with Crippen LogP contribution in [0.25, 0.3) is 0 Å². The van der Waals surface area contributed by atoms with Gasteiger partial charge in [-0.1, -0.05) is 36.3 Å². The lowest BCUT2D eigenvalue weighted by molar-refractivity contribution is -0.117. The van der Waals surface area contributed by atoms with Crippen molar-refractivity contribution in [3.8, 4) is 118 Å². The summed E-state index contributed by atoms with van der Waals surface area (Å²) in [6, 6.07) is 8.44. The summed E-state index contributed by atoms with van der Waals surface area (Å²) in [6.45, 7) is -2.12. The molecule has 0 saturated heterocycles. The van der Waals surface area contributed by atoms with E-state index in [1.807, 2.05) is 18.2 Å². The number of benzene rings is 1. The van der Waals surface area contributed by atoms with Crippen LogP contribution >= 0.6 is 6.72 Å². The zero-order valence-electron chi connectivity index (χ0n) is 26.5. The third kappa shape index (κ3) is 17.0. The third-order valence-corrected chi connectivity index (χ3v) is 7.47. The van der Waals surface area contributed by atoms with Crippen LogP contribution in [0.1, 0.15) is 18.9 Å². The highest BCUT2D eigenvalue weighted by Crippen LogP contribution is 2.48. The molecule has 1 aromatic rings. The first-order chi connectivity index (χ1) is 23.8. The normalized spacial score (nSPS) is 16.9. The van der Waals surface area contributed by atoms with Gasteiger partial charge in [0.2, 0.25) is 0 Å². The van der Waals surface area contributed by atoms with Gasteiger partial charge in [-0.25, -0.2) is 4.79 Å². The van der Waals surface area contributed by atoms with E-state index in [0.29, 0.717) is 0 Å². The van der Waals surface area contributed by atoms with Crippen molar-refractivity contribution in [2.45, 2.75) is 38.2 Å². The summed E-state index contributed by atoms with van der Waals surface area (Å²) in [5.41, 5.74) is 0.787. The smallest absolute Gasteiger partial charge is 0.434 e. The van der Waals surface area contributed by atoms with Crippen LogP contribution in [0, 0.1) is 124 Å². The van der Waals surface area contributed by atoms with E-state index in [0.717, 1.165) is 5.56 Å². The van der Waals surface area contributed by atoms with Crippen molar-refractivity contribution in [1.82, 2.24) is 5.32 Å². The van der Waals surface area contributed by atoms with Gasteiger partial charge < -0.3 is 33.5 Å². The highest BCUT2D eigenvalue weighted by Gasteiger charge is 2.47. The lowest BCUT2D eigenvalue weighted by Crippen LogP contribution is -2.44. The molecule has 11 heteroatoms. The van der Waals surface area contributed by atoms with Gasteiger partial charge in [0, 0.05) is 37.9 Å². The van der Waals surface area contributed by atoms with Crippen molar-refractivity contribution in [3.05, 3.63) is 35.9 Å². The fourth-order valence-corrected chi connectivity index (χ4v) is 4.81. The van der Waals surface area contributed by atoms with Gasteiger partial charge in [-0.05, 0) is 125 Å². The first kappa shape index (κ1) is 39.2. The molecule has 1 aliphatic rings. The van der Waals surface area contributed by atoms with E-state index in [-0.39, 0.29) is 19.6 Å². The van der Waals surface area contributed by atoms with Gasteiger partial charge in [0.1, 0.15) is 25.4 Å². The first-order valence-electron chi connectivity index (χ1n) is 14.0. The van der Waals surface area contributed by atoms with Crippen LogP contribution in [0.4, 0.5) is 4.79 Å². The number of carbonyl (C=O) groups excluding carboxylic acids is 2. The Morgan fingerprint density at radius 1 is 0.796 bits per heavy atom. The summed E-state index contributed by atoms with van der Waals surface area (Å²) in [5.74, 6) is 48.5. The largest absolute Gasteiger partial charge is 0.508 e. The van der Waals surface area contributed by atoms with Gasteiger partial charge >= 0.3 is 12.9 Å². The number of nitrogens with one attached hydrogen (secondary N) is 1. The molecule has 2 N–H and O–H groups in total. The van der Waals surface area contributed by atoms with E-state index in [1.54, 1.807) is 19.1 Å². The molecule has 1 aliphatic carbocycles. The molecule has 0 bridgehead atoms. The van der Waals surface area contributed by atoms with Gasteiger partial charge in [-0.3, -0.25) is 4.79 Å². The van der Waals surface area contributed by atoms with E-state index in [2.05, 4.69) is 124 Å². The minimum Gasteiger partial charge on any atom is -0.434 e. The molecular weight excluding hydrogens is 661 g/mol. The van der Waals surface area contributed by atoms with Crippen molar-refractivity contribution < 1.29 is 37.7 Å². The average molecular weight is 688 g/mol. The van der Waals surface area contributed by atoms with Crippen LogP contribution in [-0.2, 0) is 46.5 Å². The van der Waals surface area contributed by atoms with Gasteiger partial charge in [-0.2, -0.15) is 0 Å². The van der Waals surface area contributed by atoms with Crippen LogP contribution in [-0.4, -0.2) is 56.0 Å². The van der Waals surface area contributed by atoms with Crippen molar-refractivity contribution in [3.63, 3.8) is 0 Å². The Kier molecular flexibility index (Phi) is 18.7. The first-order valence-corrected chi connectivity index (χ1v) is 16.5. The van der Waals surface area contributed by atoms with E-state index < -0.39 is 42.9 Å². The number of ether oxygens (including phenoxy) is 3. The summed E-state index contributed by atoms with van der Waals surface area (Å²) in [7, 11) is 2.61. The molecule has 2 unspecified atom stereocenters. The highest BCUT2D eigenvalue weighted by molar-refractivity contribution is 8.07. The quantitative estimate of drug-likeness (QED) is 0.229. The Bertz CT molecular complexity index is 2070. The van der Waals surface area contributed by atoms with E-state index in [4.69, 9.17) is 35.1 Å². The lowest BCUT2D eigenvalue weighted by atomic mass is 10.1. The molecule has 1 amide bonds. The topological polar surface area (TPSA) is 113 Å². The molecular formula is C38H26NO8PS. The second-order valence-electron chi connectivity index (χ2n) is 8.96. The Hall–Kier alpha value is -5.95. The second-order valence-corrected chi connectivity index (χ2v) is 11.9. The number of hydrogen-bond acceptors (Lipinski definition) is 8. The minimum atomic E-state index is -3.65. The summed E-state index contributed by atoms with van der Waals surface area (Å²) in [5, 5.41) is 2.73. The van der Waals surface area contributed by atoms with Gasteiger partial charge in [0.25, 0.3) is 5.91 Å². The summed E-state index contributed by atoms with van der Waals surface area (Å²) < 4.78 is 26.6. The number of hydrogen-bond donors (Lipinski definition) is 2. The fraction of sp³-hybridized carbons (Fsp3) is 0.263. The predicted molar refractivity (Wildman–Crippen MR) is 185 cm³/mol. The van der Waals surface area contributed by atoms with E-state index in [1.165, 1.54) is 14.2 Å². The Labute approximate surface area is 292 Å². The van der Waals surface area contributed by atoms with Crippen LogP contribution in [0.5, 0.6) is 0 Å². The number of methoxy groups -OCH3 is 1. The molecule has 242 valence electrons. The van der Waals surface area contributed by atoms with Crippen LogP contribution in [0.2, 0.25) is 0 Å². The maximum atomic E-state index is 12.5. The maximum absolute atomic E-state index is 12.5. The van der Waals surface area contributed by atoms with Crippen LogP contribution < -0.4 is 5.32 Å². The second kappa shape index (κ2) is 23.4. The molecule has 1 saturated carbocycles. The lowest BCUT2D eigenvalue weighted by Gasteiger charge is -2.28. The highest BCUT2D eigenvalue weighted by atomic mass is 32.5. The molecule has 0 aliphatic heterocycles. The molecule has 0 spiro atoms. The number of rotatable bonds is 9. The SMILES string of the molecule is CC#CC#CC#CC#CC#CC#CC#CC#CC#CC#CC(=O)N[C@H]1C[C@H](COC(=O)OCc2ccccc2)[C@H](OP(O)(=S)OC)C1OC. The molecule has 49 heavy (non-hydrogen) atoms. The maximum Gasteiger partial charge on any atom is 0.508 e. The summed E-state index contributed by atoms with van der Waals surface area (Å²) in [6.07, 6.45) is -2.34. The number of amides is 1. The van der Waals surface area contributed by atoms with Crippen molar-refractivity contribution in [2.75, 3.05) is 20.8 Å². The average Bonchev–Trinajstić information content (AvgIpc) is 3.41. The predicted octanol–water partition coefficient (Wildman–Crippen LogP) is 2.16.